The van der Waals surface area contributed by atoms with Crippen molar-refractivity contribution in [2.45, 2.75) is 0 Å². The highest BCUT2D eigenvalue weighted by Crippen LogP contribution is 2.52. The topological polar surface area (TPSA) is 0 Å². The average molecular weight is 695 g/mol. The van der Waals surface area contributed by atoms with Gasteiger partial charge in [-0.05, 0) is 100 Å². The lowest BCUT2D eigenvalue weighted by molar-refractivity contribution is 1.67. The van der Waals surface area contributed by atoms with Gasteiger partial charge in [-0.2, -0.15) is 0 Å². The molecule has 11 aromatic rings. The van der Waals surface area contributed by atoms with Gasteiger partial charge in [0.25, 0.3) is 0 Å². The van der Waals surface area contributed by atoms with Gasteiger partial charge >= 0.3 is 0 Å². The molecular formula is C50H30S2. The summed E-state index contributed by atoms with van der Waals surface area (Å²) < 4.78 is 2.62. The van der Waals surface area contributed by atoms with Gasteiger partial charge in [0, 0.05) is 30.6 Å². The Morgan fingerprint density at radius 1 is 0.288 bits per heavy atom. The third kappa shape index (κ3) is 4.32. The molecule has 2 aromatic heterocycles. The SMILES string of the molecule is c1ccc(-c2c3ccccc3c(-c3cccc4sc5cccc(-c6c7ccccc7c(-c7cccs7)c7ccccc67)c5c34)c3ccccc23)cc1. The second kappa shape index (κ2) is 11.7. The first kappa shape index (κ1) is 29.6. The summed E-state index contributed by atoms with van der Waals surface area (Å²) >= 11 is 3.72. The molecule has 0 aliphatic rings. The van der Waals surface area contributed by atoms with Crippen LogP contribution in [0, 0.1) is 0 Å². The standard InChI is InChI=1S/C50H30S2/c1-2-15-31(16-3-1)45-32-17-4-6-19-34(32)46(35-20-7-5-18-33(35)45)40-25-12-27-43-49(40)50-41(26-13-28-44(50)52-43)47-36-21-8-10-23-38(36)48(42-29-14-30-51-42)39-24-11-9-22-37(39)47/h1-30H. The van der Waals surface area contributed by atoms with Gasteiger partial charge in [-0.25, -0.2) is 0 Å². The van der Waals surface area contributed by atoms with Crippen LogP contribution in [0.3, 0.4) is 0 Å². The smallest absolute Gasteiger partial charge is 0.0361 e. The summed E-state index contributed by atoms with van der Waals surface area (Å²) in [5.74, 6) is 0. The highest BCUT2D eigenvalue weighted by molar-refractivity contribution is 7.26. The van der Waals surface area contributed by atoms with E-state index in [0.717, 1.165) is 0 Å². The largest absolute Gasteiger partial charge is 0.144 e. The Morgan fingerprint density at radius 2 is 0.692 bits per heavy atom. The molecule has 0 aliphatic carbocycles. The lowest BCUT2D eigenvalue weighted by Gasteiger charge is -2.19. The molecule has 0 radical (unpaired) electrons. The Morgan fingerprint density at radius 3 is 1.12 bits per heavy atom. The van der Waals surface area contributed by atoms with Gasteiger partial charge in [-0.15, -0.1) is 22.7 Å². The lowest BCUT2D eigenvalue weighted by Crippen LogP contribution is -1.92. The average Bonchev–Trinajstić information content (AvgIpc) is 3.88. The fraction of sp³-hybridized carbons (Fsp3) is 0. The second-order valence-electron chi connectivity index (χ2n) is 13.5. The summed E-state index contributed by atoms with van der Waals surface area (Å²) in [6.07, 6.45) is 0. The van der Waals surface area contributed by atoms with E-state index in [1.807, 2.05) is 22.7 Å². The number of fused-ring (bicyclic) bond motifs is 7. The summed E-state index contributed by atoms with van der Waals surface area (Å²) in [7, 11) is 0. The van der Waals surface area contributed by atoms with E-state index in [-0.39, 0.29) is 0 Å². The molecule has 0 amide bonds. The molecule has 0 aliphatic heterocycles. The van der Waals surface area contributed by atoms with Gasteiger partial charge in [0.05, 0.1) is 0 Å². The summed E-state index contributed by atoms with van der Waals surface area (Å²) in [6.45, 7) is 0. The van der Waals surface area contributed by atoms with E-state index < -0.39 is 0 Å². The molecule has 0 bridgehead atoms. The minimum atomic E-state index is 1.24. The molecular weight excluding hydrogens is 665 g/mol. The Kier molecular flexibility index (Phi) is 6.70. The second-order valence-corrected chi connectivity index (χ2v) is 15.5. The van der Waals surface area contributed by atoms with Gasteiger partial charge in [-0.3, -0.25) is 0 Å². The molecule has 242 valence electrons. The maximum atomic E-state index is 2.36. The first-order valence-corrected chi connectivity index (χ1v) is 19.5. The van der Waals surface area contributed by atoms with E-state index in [1.165, 1.54) is 107 Å². The van der Waals surface area contributed by atoms with E-state index in [0.29, 0.717) is 0 Å². The van der Waals surface area contributed by atoms with Crippen molar-refractivity contribution in [1.82, 2.24) is 0 Å². The normalized spacial score (nSPS) is 11.8. The van der Waals surface area contributed by atoms with Crippen molar-refractivity contribution < 1.29 is 0 Å². The third-order valence-corrected chi connectivity index (χ3v) is 12.8. The highest BCUT2D eigenvalue weighted by atomic mass is 32.1. The molecule has 52 heavy (non-hydrogen) atoms. The molecule has 11 rings (SSSR count). The molecule has 0 saturated heterocycles. The number of thiophene rings is 2. The zero-order valence-corrected chi connectivity index (χ0v) is 29.8. The fourth-order valence-corrected chi connectivity index (χ4v) is 10.7. The summed E-state index contributed by atoms with van der Waals surface area (Å²) in [4.78, 5) is 1.30. The monoisotopic (exact) mass is 694 g/mol. The van der Waals surface area contributed by atoms with Crippen LogP contribution in [0.2, 0.25) is 0 Å². The van der Waals surface area contributed by atoms with Gasteiger partial charge in [-0.1, -0.05) is 158 Å². The molecule has 2 heteroatoms. The molecule has 0 spiro atoms. The molecule has 9 aromatic carbocycles. The van der Waals surface area contributed by atoms with Crippen molar-refractivity contribution in [3.8, 4) is 43.8 Å². The van der Waals surface area contributed by atoms with Crippen LogP contribution in [0.15, 0.2) is 181 Å². The fourth-order valence-electron chi connectivity index (χ4n) is 8.72. The van der Waals surface area contributed by atoms with Crippen LogP contribution in [0.1, 0.15) is 0 Å². The van der Waals surface area contributed by atoms with Gasteiger partial charge in [0.1, 0.15) is 0 Å². The van der Waals surface area contributed by atoms with Crippen LogP contribution in [0.25, 0.3) is 107 Å². The predicted octanol–water partition coefficient (Wildman–Crippen LogP) is 15.4. The Balaban J connectivity index is 1.30. The van der Waals surface area contributed by atoms with Crippen LogP contribution in [-0.2, 0) is 0 Å². The van der Waals surface area contributed by atoms with Crippen LogP contribution in [0.5, 0.6) is 0 Å². The minimum Gasteiger partial charge on any atom is -0.144 e. The van der Waals surface area contributed by atoms with Gasteiger partial charge < -0.3 is 0 Å². The molecule has 0 N–H and O–H groups in total. The highest BCUT2D eigenvalue weighted by Gasteiger charge is 2.23. The number of benzene rings is 9. The van der Waals surface area contributed by atoms with E-state index in [1.54, 1.807) is 0 Å². The van der Waals surface area contributed by atoms with E-state index >= 15 is 0 Å². The van der Waals surface area contributed by atoms with Gasteiger partial charge in [0.15, 0.2) is 0 Å². The van der Waals surface area contributed by atoms with E-state index in [4.69, 9.17) is 0 Å². The maximum absolute atomic E-state index is 2.36. The van der Waals surface area contributed by atoms with Crippen molar-refractivity contribution in [2.24, 2.45) is 0 Å². The number of rotatable bonds is 4. The summed E-state index contributed by atoms with van der Waals surface area (Å²) in [5.41, 5.74) is 9.04. The Hall–Kier alpha value is -6.06. The Labute approximate surface area is 309 Å². The van der Waals surface area contributed by atoms with Crippen molar-refractivity contribution in [3.63, 3.8) is 0 Å². The first-order chi connectivity index (χ1) is 25.8. The molecule has 0 saturated carbocycles. The van der Waals surface area contributed by atoms with Crippen LogP contribution in [-0.4, -0.2) is 0 Å². The van der Waals surface area contributed by atoms with Crippen molar-refractivity contribution in [1.29, 1.82) is 0 Å². The maximum Gasteiger partial charge on any atom is 0.0361 e. The number of hydrogen-bond donors (Lipinski definition) is 0. The first-order valence-electron chi connectivity index (χ1n) is 17.8. The molecule has 0 fully saturated rings. The Bertz CT molecular complexity index is 3050. The zero-order chi connectivity index (χ0) is 34.2. The van der Waals surface area contributed by atoms with E-state index in [2.05, 4.69) is 181 Å². The van der Waals surface area contributed by atoms with Crippen LogP contribution < -0.4 is 0 Å². The molecule has 2 heterocycles. The zero-order valence-electron chi connectivity index (χ0n) is 28.1. The van der Waals surface area contributed by atoms with Crippen molar-refractivity contribution in [3.05, 3.63) is 181 Å². The van der Waals surface area contributed by atoms with Crippen molar-refractivity contribution >= 4 is 85.9 Å². The predicted molar refractivity (Wildman–Crippen MR) is 229 cm³/mol. The van der Waals surface area contributed by atoms with Crippen LogP contribution in [0.4, 0.5) is 0 Å². The quantitative estimate of drug-likeness (QED) is 0.161. The summed E-state index contributed by atoms with van der Waals surface area (Å²) in [5, 5.41) is 15.1. The van der Waals surface area contributed by atoms with Crippen molar-refractivity contribution in [2.75, 3.05) is 0 Å². The third-order valence-electron chi connectivity index (χ3n) is 10.8. The van der Waals surface area contributed by atoms with Crippen LogP contribution >= 0.6 is 22.7 Å². The number of hydrogen-bond acceptors (Lipinski definition) is 2. The molecule has 0 nitrogen and oxygen atoms in total. The van der Waals surface area contributed by atoms with E-state index in [9.17, 15) is 0 Å². The molecule has 0 unspecified atom stereocenters. The van der Waals surface area contributed by atoms with Gasteiger partial charge in [0.2, 0.25) is 0 Å². The molecule has 0 atom stereocenters. The summed E-state index contributed by atoms with van der Waals surface area (Å²) in [6, 6.07) is 65.2. The lowest BCUT2D eigenvalue weighted by atomic mass is 9.83. The minimum absolute atomic E-state index is 1.24.